The smallest absolute Gasteiger partial charge is 0.306 e. The number of ether oxygens (including phenoxy) is 3. The maximum Gasteiger partial charge on any atom is 0.306 e. The highest BCUT2D eigenvalue weighted by Crippen LogP contribution is 2.15. The third-order valence-electron chi connectivity index (χ3n) is 13.0. The lowest BCUT2D eigenvalue weighted by atomic mass is 10.0. The van der Waals surface area contributed by atoms with Crippen LogP contribution in [0.4, 0.5) is 0 Å². The summed E-state index contributed by atoms with van der Waals surface area (Å²) in [5.41, 5.74) is 0. The summed E-state index contributed by atoms with van der Waals surface area (Å²) in [5.74, 6) is -1.02. The van der Waals surface area contributed by atoms with Crippen molar-refractivity contribution in [3.05, 3.63) is 97.2 Å². The average molecular weight is 1020 g/mol. The van der Waals surface area contributed by atoms with E-state index in [2.05, 4.69) is 118 Å². The molecule has 0 spiro atoms. The van der Waals surface area contributed by atoms with Crippen LogP contribution >= 0.6 is 0 Å². The Labute approximate surface area is 451 Å². The topological polar surface area (TPSA) is 78.9 Å². The molecular weight excluding hydrogens is 901 g/mol. The molecule has 0 heterocycles. The van der Waals surface area contributed by atoms with Crippen LogP contribution in [0.3, 0.4) is 0 Å². The van der Waals surface area contributed by atoms with Crippen LogP contribution < -0.4 is 0 Å². The third-order valence-corrected chi connectivity index (χ3v) is 13.0. The molecule has 1 atom stereocenters. The Morgan fingerprint density at radius 3 is 0.863 bits per heavy atom. The quantitative estimate of drug-likeness (QED) is 0.0261. The summed E-state index contributed by atoms with van der Waals surface area (Å²) in [6.07, 6.45) is 81.3. The Bertz CT molecular complexity index is 1440. The Hall–Kier alpha value is -3.67. The number of hydrogen-bond acceptors (Lipinski definition) is 6. The summed E-state index contributed by atoms with van der Waals surface area (Å²) >= 11 is 0. The molecule has 0 unspecified atom stereocenters. The molecule has 0 fully saturated rings. The summed E-state index contributed by atoms with van der Waals surface area (Å²) in [5, 5.41) is 0. The van der Waals surface area contributed by atoms with Gasteiger partial charge < -0.3 is 14.2 Å². The van der Waals surface area contributed by atoms with Gasteiger partial charge in [0.05, 0.1) is 0 Å². The molecule has 0 bridgehead atoms. The van der Waals surface area contributed by atoms with Crippen LogP contribution in [0, 0.1) is 0 Å². The fourth-order valence-electron chi connectivity index (χ4n) is 8.39. The Morgan fingerprint density at radius 2 is 0.507 bits per heavy atom. The summed E-state index contributed by atoms with van der Waals surface area (Å²) in [6, 6.07) is 0. The van der Waals surface area contributed by atoms with Crippen molar-refractivity contribution in [1.82, 2.24) is 0 Å². The van der Waals surface area contributed by atoms with Gasteiger partial charge in [0.25, 0.3) is 0 Å². The second-order valence-corrected chi connectivity index (χ2v) is 20.2. The Kier molecular flexibility index (Phi) is 57.8. The van der Waals surface area contributed by atoms with Gasteiger partial charge in [0, 0.05) is 19.3 Å². The molecule has 0 aromatic carbocycles. The standard InChI is InChI=1S/C67H114O6/c1-4-7-10-13-16-19-22-25-28-31-32-33-34-37-39-42-45-48-51-54-57-60-66(69)72-63-64(73-67(70)61-58-55-52-49-46-43-40-36-30-27-24-21-18-15-12-9-6-3)62-71-65(68)59-56-53-50-47-44-41-38-35-29-26-23-20-17-14-11-8-5-2/h18,21,25-30,38,40-41,43,47,49-50,52,64H,4-17,19-20,22-24,31-37,39,42,44-46,48,51,53-63H2,1-3H3/b21-18-,28-25-,29-26-,30-27-,41-38-,43-40-,50-47-,52-49-/t64-/m0/s1. The average Bonchev–Trinajstić information content (AvgIpc) is 3.39. The molecule has 0 N–H and O–H groups in total. The first-order valence-electron chi connectivity index (χ1n) is 30.7. The van der Waals surface area contributed by atoms with E-state index in [0.29, 0.717) is 19.3 Å². The van der Waals surface area contributed by atoms with Gasteiger partial charge in [-0.05, 0) is 116 Å². The van der Waals surface area contributed by atoms with Gasteiger partial charge in [-0.2, -0.15) is 0 Å². The van der Waals surface area contributed by atoms with Gasteiger partial charge in [-0.3, -0.25) is 14.4 Å². The minimum atomic E-state index is -0.828. The monoisotopic (exact) mass is 1010 g/mol. The van der Waals surface area contributed by atoms with Crippen LogP contribution in [-0.4, -0.2) is 37.2 Å². The molecular formula is C67H114O6. The summed E-state index contributed by atoms with van der Waals surface area (Å²) in [4.78, 5) is 38.2. The molecule has 418 valence electrons. The van der Waals surface area contributed by atoms with Crippen molar-refractivity contribution in [1.29, 1.82) is 0 Å². The molecule has 0 aliphatic heterocycles. The second-order valence-electron chi connectivity index (χ2n) is 20.2. The van der Waals surface area contributed by atoms with Gasteiger partial charge in [0.2, 0.25) is 0 Å². The van der Waals surface area contributed by atoms with E-state index in [9.17, 15) is 14.4 Å². The van der Waals surface area contributed by atoms with Crippen molar-refractivity contribution in [2.75, 3.05) is 13.2 Å². The summed E-state index contributed by atoms with van der Waals surface area (Å²) < 4.78 is 16.8. The zero-order valence-electron chi connectivity index (χ0n) is 47.9. The first-order valence-corrected chi connectivity index (χ1v) is 30.7. The Balaban J connectivity index is 4.50. The molecule has 6 heteroatoms. The van der Waals surface area contributed by atoms with Crippen LogP contribution in [0.1, 0.15) is 290 Å². The molecule has 0 aromatic rings. The first-order chi connectivity index (χ1) is 36.0. The van der Waals surface area contributed by atoms with Gasteiger partial charge in [0.1, 0.15) is 13.2 Å². The summed E-state index contributed by atoms with van der Waals surface area (Å²) in [6.45, 7) is 6.53. The SMILES string of the molecule is CCCCC/C=C\C/C=C\C/C=C\C/C=C\CCCC(=O)O[C@@H](COC(=O)CCC/C=C\C/C=C\C/C=C\CCCCCCCC)COC(=O)CCCCCCCCCCCCC/C=C\CCCCCCCC. The lowest BCUT2D eigenvalue weighted by Gasteiger charge is -2.18. The normalized spacial score (nSPS) is 12.8. The molecule has 6 nitrogen and oxygen atoms in total. The highest BCUT2D eigenvalue weighted by atomic mass is 16.6. The molecule has 0 saturated heterocycles. The van der Waals surface area contributed by atoms with Crippen molar-refractivity contribution < 1.29 is 28.6 Å². The number of esters is 3. The van der Waals surface area contributed by atoms with E-state index in [0.717, 1.165) is 64.2 Å². The molecule has 73 heavy (non-hydrogen) atoms. The first kappa shape index (κ1) is 69.3. The van der Waals surface area contributed by atoms with E-state index in [-0.39, 0.29) is 44.0 Å². The van der Waals surface area contributed by atoms with Gasteiger partial charge in [-0.25, -0.2) is 0 Å². The fourth-order valence-corrected chi connectivity index (χ4v) is 8.39. The maximum atomic E-state index is 12.9. The lowest BCUT2D eigenvalue weighted by molar-refractivity contribution is -0.167. The Morgan fingerprint density at radius 1 is 0.274 bits per heavy atom. The van der Waals surface area contributed by atoms with E-state index >= 15 is 0 Å². The number of unbranched alkanes of at least 4 members (excludes halogenated alkanes) is 28. The van der Waals surface area contributed by atoms with Crippen molar-refractivity contribution >= 4 is 17.9 Å². The van der Waals surface area contributed by atoms with Gasteiger partial charge in [0.15, 0.2) is 6.10 Å². The second kappa shape index (κ2) is 60.9. The predicted octanol–water partition coefficient (Wildman–Crippen LogP) is 20.9. The summed E-state index contributed by atoms with van der Waals surface area (Å²) in [7, 11) is 0. The van der Waals surface area contributed by atoms with Gasteiger partial charge >= 0.3 is 17.9 Å². The van der Waals surface area contributed by atoms with E-state index in [4.69, 9.17) is 14.2 Å². The van der Waals surface area contributed by atoms with Gasteiger partial charge in [-0.1, -0.05) is 253 Å². The maximum absolute atomic E-state index is 12.9. The predicted molar refractivity (Wildman–Crippen MR) is 316 cm³/mol. The highest BCUT2D eigenvalue weighted by molar-refractivity contribution is 5.71. The number of hydrogen-bond donors (Lipinski definition) is 0. The van der Waals surface area contributed by atoms with E-state index in [1.165, 1.54) is 173 Å². The van der Waals surface area contributed by atoms with E-state index in [1.54, 1.807) is 0 Å². The number of carbonyl (C=O) groups excluding carboxylic acids is 3. The molecule has 0 aliphatic carbocycles. The molecule has 0 amide bonds. The van der Waals surface area contributed by atoms with E-state index in [1.807, 2.05) is 0 Å². The largest absolute Gasteiger partial charge is 0.462 e. The molecule has 0 radical (unpaired) electrons. The number of rotatable bonds is 55. The lowest BCUT2D eigenvalue weighted by Crippen LogP contribution is -2.30. The molecule has 0 aromatic heterocycles. The van der Waals surface area contributed by atoms with E-state index < -0.39 is 6.10 Å². The van der Waals surface area contributed by atoms with Gasteiger partial charge in [-0.15, -0.1) is 0 Å². The molecule has 0 saturated carbocycles. The minimum Gasteiger partial charge on any atom is -0.462 e. The van der Waals surface area contributed by atoms with Crippen molar-refractivity contribution in [3.63, 3.8) is 0 Å². The number of carbonyl (C=O) groups is 3. The molecule has 0 rings (SSSR count). The van der Waals surface area contributed by atoms with Crippen LogP contribution in [0.25, 0.3) is 0 Å². The van der Waals surface area contributed by atoms with Crippen LogP contribution in [0.5, 0.6) is 0 Å². The third kappa shape index (κ3) is 59.1. The van der Waals surface area contributed by atoms with Crippen molar-refractivity contribution in [2.45, 2.75) is 297 Å². The minimum absolute atomic E-state index is 0.115. The van der Waals surface area contributed by atoms with Crippen molar-refractivity contribution in [3.8, 4) is 0 Å². The number of allylic oxidation sites excluding steroid dienone is 16. The van der Waals surface area contributed by atoms with Crippen LogP contribution in [0.2, 0.25) is 0 Å². The van der Waals surface area contributed by atoms with Crippen molar-refractivity contribution in [2.24, 2.45) is 0 Å². The zero-order valence-corrected chi connectivity index (χ0v) is 47.9. The zero-order chi connectivity index (χ0) is 52.9. The molecule has 0 aliphatic rings. The fraction of sp³-hybridized carbons (Fsp3) is 0.716. The van der Waals surface area contributed by atoms with Crippen LogP contribution in [0.15, 0.2) is 97.2 Å². The van der Waals surface area contributed by atoms with Crippen LogP contribution in [-0.2, 0) is 28.6 Å². The highest BCUT2D eigenvalue weighted by Gasteiger charge is 2.19.